The zero-order valence-corrected chi connectivity index (χ0v) is 14.0. The van der Waals surface area contributed by atoms with Gasteiger partial charge >= 0.3 is 0 Å². The number of rotatable bonds is 3. The molecule has 22 heavy (non-hydrogen) atoms. The average Bonchev–Trinajstić information content (AvgIpc) is 3.00. The lowest BCUT2D eigenvalue weighted by Crippen LogP contribution is -1.95. The minimum Gasteiger partial charge on any atom is -0.356 e. The van der Waals surface area contributed by atoms with Crippen molar-refractivity contribution in [3.63, 3.8) is 0 Å². The number of aryl methyl sites for hydroxylation is 2. The molecule has 0 fully saturated rings. The number of aromatic nitrogens is 2. The lowest BCUT2D eigenvalue weighted by molar-refractivity contribution is 0.101. The van der Waals surface area contributed by atoms with Gasteiger partial charge < -0.3 is 4.98 Å². The first-order valence-electron chi connectivity index (χ1n) is 7.22. The van der Waals surface area contributed by atoms with Crippen LogP contribution in [0.3, 0.4) is 0 Å². The number of carbonyl (C=O) groups is 1. The van der Waals surface area contributed by atoms with Gasteiger partial charge in [0, 0.05) is 21.7 Å². The molecule has 0 spiro atoms. The number of ketones is 1. The number of hydrogen-bond acceptors (Lipinski definition) is 3. The number of benzene rings is 1. The molecule has 0 atom stereocenters. The number of thiazole rings is 1. The highest BCUT2D eigenvalue weighted by Gasteiger charge is 2.20. The van der Waals surface area contributed by atoms with E-state index in [-0.39, 0.29) is 5.78 Å². The molecule has 0 aliphatic rings. The molecule has 4 heteroatoms. The highest BCUT2D eigenvalue weighted by molar-refractivity contribution is 7.15. The van der Waals surface area contributed by atoms with Gasteiger partial charge in [-0.1, -0.05) is 30.3 Å². The summed E-state index contributed by atoms with van der Waals surface area (Å²) in [5.41, 5.74) is 5.69. The molecule has 1 aromatic carbocycles. The zero-order valence-electron chi connectivity index (χ0n) is 13.2. The van der Waals surface area contributed by atoms with Crippen LogP contribution in [0, 0.1) is 20.8 Å². The summed E-state index contributed by atoms with van der Waals surface area (Å²) >= 11 is 1.68. The molecular formula is C18H18N2OS. The van der Waals surface area contributed by atoms with E-state index in [4.69, 9.17) is 4.98 Å². The monoisotopic (exact) mass is 310 g/mol. The second-order valence-electron chi connectivity index (χ2n) is 5.47. The molecule has 3 nitrogen and oxygen atoms in total. The standard InChI is InChI=1S/C18H18N2OS/c1-10-15(12(3)21)11(2)19-16(10)17-13(4)22-18(20-17)14-8-6-5-7-9-14/h5-9,19H,1-4H3. The van der Waals surface area contributed by atoms with Crippen LogP contribution in [-0.2, 0) is 0 Å². The number of carbonyl (C=O) groups excluding carboxylic acids is 1. The van der Waals surface area contributed by atoms with Gasteiger partial charge in [-0.05, 0) is 33.3 Å². The van der Waals surface area contributed by atoms with E-state index < -0.39 is 0 Å². The van der Waals surface area contributed by atoms with Gasteiger partial charge in [-0.25, -0.2) is 4.98 Å². The third-order valence-electron chi connectivity index (χ3n) is 3.84. The van der Waals surface area contributed by atoms with E-state index in [0.717, 1.165) is 43.7 Å². The van der Waals surface area contributed by atoms with Crippen molar-refractivity contribution < 1.29 is 4.79 Å². The molecule has 0 aliphatic carbocycles. The Morgan fingerprint density at radius 2 is 1.82 bits per heavy atom. The molecule has 0 aliphatic heterocycles. The van der Waals surface area contributed by atoms with Gasteiger partial charge in [-0.2, -0.15) is 0 Å². The molecule has 0 radical (unpaired) electrons. The molecule has 0 saturated carbocycles. The van der Waals surface area contributed by atoms with Crippen LogP contribution in [0.1, 0.15) is 33.4 Å². The molecule has 112 valence electrons. The Bertz CT molecular complexity index is 844. The van der Waals surface area contributed by atoms with E-state index in [0.29, 0.717) is 0 Å². The fourth-order valence-corrected chi connectivity index (χ4v) is 3.77. The normalized spacial score (nSPS) is 10.9. The van der Waals surface area contributed by atoms with Crippen LogP contribution in [0.2, 0.25) is 0 Å². The summed E-state index contributed by atoms with van der Waals surface area (Å²) in [6, 6.07) is 10.2. The molecule has 1 N–H and O–H groups in total. The first-order chi connectivity index (χ1) is 10.5. The third kappa shape index (κ3) is 2.40. The van der Waals surface area contributed by atoms with Crippen LogP contribution in [0.5, 0.6) is 0 Å². The Labute approximate surface area is 134 Å². The third-order valence-corrected chi connectivity index (χ3v) is 4.86. The van der Waals surface area contributed by atoms with E-state index in [9.17, 15) is 4.79 Å². The molecular weight excluding hydrogens is 292 g/mol. The maximum absolute atomic E-state index is 11.8. The van der Waals surface area contributed by atoms with E-state index in [1.165, 1.54) is 0 Å². The van der Waals surface area contributed by atoms with Crippen LogP contribution in [0.4, 0.5) is 0 Å². The van der Waals surface area contributed by atoms with Crippen LogP contribution in [-0.4, -0.2) is 15.8 Å². The van der Waals surface area contributed by atoms with Gasteiger partial charge in [0.25, 0.3) is 0 Å². The molecule has 0 bridgehead atoms. The van der Waals surface area contributed by atoms with Crippen molar-refractivity contribution in [1.29, 1.82) is 0 Å². The van der Waals surface area contributed by atoms with Gasteiger partial charge in [-0.15, -0.1) is 11.3 Å². The van der Waals surface area contributed by atoms with Gasteiger partial charge in [-0.3, -0.25) is 4.79 Å². The maximum atomic E-state index is 11.8. The lowest BCUT2D eigenvalue weighted by Gasteiger charge is -1.98. The number of nitrogens with one attached hydrogen (secondary N) is 1. The van der Waals surface area contributed by atoms with E-state index in [2.05, 4.69) is 24.0 Å². The van der Waals surface area contributed by atoms with Crippen LogP contribution >= 0.6 is 11.3 Å². The number of hydrogen-bond donors (Lipinski definition) is 1. The maximum Gasteiger partial charge on any atom is 0.161 e. The summed E-state index contributed by atoms with van der Waals surface area (Å²) in [5, 5.41) is 1.00. The zero-order chi connectivity index (χ0) is 15.9. The van der Waals surface area contributed by atoms with Gasteiger partial charge in [0.05, 0.1) is 5.69 Å². The van der Waals surface area contributed by atoms with Crippen molar-refractivity contribution in [3.05, 3.63) is 52.0 Å². The summed E-state index contributed by atoms with van der Waals surface area (Å²) < 4.78 is 0. The molecule has 2 heterocycles. The highest BCUT2D eigenvalue weighted by atomic mass is 32.1. The second-order valence-corrected chi connectivity index (χ2v) is 6.67. The summed E-state index contributed by atoms with van der Waals surface area (Å²) in [6.07, 6.45) is 0. The predicted molar refractivity (Wildman–Crippen MR) is 91.6 cm³/mol. The van der Waals surface area contributed by atoms with Gasteiger partial charge in [0.1, 0.15) is 10.7 Å². The van der Waals surface area contributed by atoms with Crippen LogP contribution in [0.25, 0.3) is 22.0 Å². The summed E-state index contributed by atoms with van der Waals surface area (Å²) in [5.74, 6) is 0.0914. The van der Waals surface area contributed by atoms with Crippen LogP contribution < -0.4 is 0 Å². The van der Waals surface area contributed by atoms with Crippen LogP contribution in [0.15, 0.2) is 30.3 Å². The molecule has 0 amide bonds. The van der Waals surface area contributed by atoms with E-state index in [1.54, 1.807) is 18.3 Å². The van der Waals surface area contributed by atoms with Crippen molar-refractivity contribution in [3.8, 4) is 22.0 Å². The smallest absolute Gasteiger partial charge is 0.161 e. The topological polar surface area (TPSA) is 45.8 Å². The van der Waals surface area contributed by atoms with Gasteiger partial charge in [0.2, 0.25) is 0 Å². The number of Topliss-reactive ketones (excluding diaryl/α,β-unsaturated/α-hetero) is 1. The fourth-order valence-electron chi connectivity index (χ4n) is 2.85. The second kappa shape index (κ2) is 5.54. The van der Waals surface area contributed by atoms with Crippen molar-refractivity contribution >= 4 is 17.1 Å². The largest absolute Gasteiger partial charge is 0.356 e. The Balaban J connectivity index is 2.13. The van der Waals surface area contributed by atoms with Crippen molar-refractivity contribution in [2.75, 3.05) is 0 Å². The summed E-state index contributed by atoms with van der Waals surface area (Å²) in [7, 11) is 0. The van der Waals surface area contributed by atoms with E-state index in [1.807, 2.05) is 32.0 Å². The van der Waals surface area contributed by atoms with Gasteiger partial charge in [0.15, 0.2) is 5.78 Å². The average molecular weight is 310 g/mol. The summed E-state index contributed by atoms with van der Waals surface area (Å²) in [4.78, 5) is 21.1. The Morgan fingerprint density at radius 3 is 2.41 bits per heavy atom. The lowest BCUT2D eigenvalue weighted by atomic mass is 10.1. The predicted octanol–water partition coefficient (Wildman–Crippen LogP) is 4.93. The Hall–Kier alpha value is -2.20. The molecule has 3 aromatic rings. The van der Waals surface area contributed by atoms with E-state index >= 15 is 0 Å². The SMILES string of the molecule is CC(=O)c1c(C)[nH]c(-c2nc(-c3ccccc3)sc2C)c1C. The summed E-state index contributed by atoms with van der Waals surface area (Å²) in [6.45, 7) is 7.60. The molecule has 0 saturated heterocycles. The Kier molecular flexibility index (Phi) is 3.71. The van der Waals surface area contributed by atoms with Crippen molar-refractivity contribution in [2.24, 2.45) is 0 Å². The molecule has 0 unspecified atom stereocenters. The molecule has 2 aromatic heterocycles. The number of nitrogens with zero attached hydrogens (tertiary/aromatic N) is 1. The fraction of sp³-hybridized carbons (Fsp3) is 0.222. The first kappa shape index (κ1) is 14.7. The minimum absolute atomic E-state index is 0.0914. The minimum atomic E-state index is 0.0914. The first-order valence-corrected chi connectivity index (χ1v) is 8.04. The molecule has 3 rings (SSSR count). The number of aromatic amines is 1. The van der Waals surface area contributed by atoms with Crippen molar-refractivity contribution in [1.82, 2.24) is 9.97 Å². The quantitative estimate of drug-likeness (QED) is 0.697. The number of H-pyrrole nitrogens is 1. The van der Waals surface area contributed by atoms with Crippen molar-refractivity contribution in [2.45, 2.75) is 27.7 Å². The highest BCUT2D eigenvalue weighted by Crippen LogP contribution is 2.35. The Morgan fingerprint density at radius 1 is 1.14 bits per heavy atom.